The third-order valence-electron chi connectivity index (χ3n) is 2.43. The molecule has 7 heteroatoms. The van der Waals surface area contributed by atoms with Gasteiger partial charge in [-0.15, -0.1) is 0 Å². The second kappa shape index (κ2) is 6.81. The van der Waals surface area contributed by atoms with Gasteiger partial charge in [-0.1, -0.05) is 11.6 Å². The maximum Gasteiger partial charge on any atom is 0.340 e. The first-order valence-electron chi connectivity index (χ1n) is 5.88. The molecule has 2 aromatic rings. The summed E-state index contributed by atoms with van der Waals surface area (Å²) in [5.74, 6) is -1.80. The number of amides is 1. The van der Waals surface area contributed by atoms with E-state index in [9.17, 15) is 14.0 Å². The Labute approximate surface area is 124 Å². The number of nitrogens with one attached hydrogen (secondary N) is 1. The number of nitrogens with zero attached hydrogens (tertiary/aromatic N) is 1. The number of carbonyl (C=O) groups is 2. The van der Waals surface area contributed by atoms with Crippen LogP contribution >= 0.6 is 11.6 Å². The summed E-state index contributed by atoms with van der Waals surface area (Å²) in [6.07, 6.45) is 2.85. The number of pyridine rings is 1. The second-order valence-corrected chi connectivity index (χ2v) is 4.40. The van der Waals surface area contributed by atoms with Crippen LogP contribution in [0.15, 0.2) is 42.7 Å². The van der Waals surface area contributed by atoms with Crippen LogP contribution in [0.2, 0.25) is 5.02 Å². The summed E-state index contributed by atoms with van der Waals surface area (Å²) in [5, 5.41) is 2.32. The largest absolute Gasteiger partial charge is 0.452 e. The Morgan fingerprint density at radius 2 is 2.14 bits per heavy atom. The molecule has 108 valence electrons. The highest BCUT2D eigenvalue weighted by molar-refractivity contribution is 6.31. The highest BCUT2D eigenvalue weighted by atomic mass is 35.5. The molecule has 1 aromatic carbocycles. The Morgan fingerprint density at radius 3 is 2.81 bits per heavy atom. The van der Waals surface area contributed by atoms with Crippen LogP contribution in [0.5, 0.6) is 0 Å². The minimum atomic E-state index is -0.657. The average molecular weight is 309 g/mol. The minimum Gasteiger partial charge on any atom is -0.452 e. The Hall–Kier alpha value is -2.47. The van der Waals surface area contributed by atoms with E-state index in [1.165, 1.54) is 30.6 Å². The smallest absolute Gasteiger partial charge is 0.340 e. The summed E-state index contributed by atoms with van der Waals surface area (Å²) in [4.78, 5) is 27.0. The number of hydrogen-bond donors (Lipinski definition) is 1. The number of benzene rings is 1. The molecular weight excluding hydrogens is 299 g/mol. The molecule has 1 N–H and O–H groups in total. The molecule has 5 nitrogen and oxygen atoms in total. The van der Waals surface area contributed by atoms with Gasteiger partial charge in [0.2, 0.25) is 0 Å². The molecule has 0 unspecified atom stereocenters. The fourth-order valence-electron chi connectivity index (χ4n) is 1.47. The van der Waals surface area contributed by atoms with Crippen molar-refractivity contribution in [3.63, 3.8) is 0 Å². The van der Waals surface area contributed by atoms with Crippen molar-refractivity contribution >= 4 is 29.2 Å². The van der Waals surface area contributed by atoms with E-state index in [4.69, 9.17) is 16.3 Å². The molecule has 0 aliphatic rings. The molecule has 0 atom stereocenters. The van der Waals surface area contributed by atoms with Gasteiger partial charge in [0.15, 0.2) is 6.61 Å². The van der Waals surface area contributed by atoms with Gasteiger partial charge in [0.1, 0.15) is 5.82 Å². The maximum atomic E-state index is 13.0. The van der Waals surface area contributed by atoms with Crippen LogP contribution in [0.3, 0.4) is 0 Å². The highest BCUT2D eigenvalue weighted by Crippen LogP contribution is 2.19. The third-order valence-corrected chi connectivity index (χ3v) is 2.72. The summed E-state index contributed by atoms with van der Waals surface area (Å²) in [6.45, 7) is -0.470. The molecule has 1 heterocycles. The van der Waals surface area contributed by atoms with Crippen molar-refractivity contribution in [1.29, 1.82) is 0 Å². The quantitative estimate of drug-likeness (QED) is 0.882. The van der Waals surface area contributed by atoms with Crippen molar-refractivity contribution in [2.24, 2.45) is 0 Å². The molecule has 0 saturated carbocycles. The number of aromatic nitrogens is 1. The SMILES string of the molecule is O=C(COC(=O)c1cccnc1)Nc1ccc(F)c(Cl)c1. The Morgan fingerprint density at radius 1 is 1.33 bits per heavy atom. The molecule has 1 amide bonds. The summed E-state index contributed by atoms with van der Waals surface area (Å²) in [6, 6.07) is 6.84. The van der Waals surface area contributed by atoms with Crippen LogP contribution in [0, 0.1) is 5.82 Å². The number of esters is 1. The number of halogens is 2. The Balaban J connectivity index is 1.87. The van der Waals surface area contributed by atoms with Gasteiger partial charge < -0.3 is 10.1 Å². The third kappa shape index (κ3) is 4.25. The summed E-state index contributed by atoms with van der Waals surface area (Å²) in [7, 11) is 0. The van der Waals surface area contributed by atoms with E-state index in [2.05, 4.69) is 10.3 Å². The zero-order chi connectivity index (χ0) is 15.2. The first-order valence-corrected chi connectivity index (χ1v) is 6.26. The van der Waals surface area contributed by atoms with E-state index in [1.807, 2.05) is 0 Å². The maximum absolute atomic E-state index is 13.0. The lowest BCUT2D eigenvalue weighted by molar-refractivity contribution is -0.119. The summed E-state index contributed by atoms with van der Waals surface area (Å²) >= 11 is 5.59. The molecule has 0 aliphatic heterocycles. The number of anilines is 1. The monoisotopic (exact) mass is 308 g/mol. The summed E-state index contributed by atoms with van der Waals surface area (Å²) < 4.78 is 17.8. The van der Waals surface area contributed by atoms with Crippen LogP contribution in [-0.2, 0) is 9.53 Å². The van der Waals surface area contributed by atoms with Crippen molar-refractivity contribution in [1.82, 2.24) is 4.98 Å². The molecule has 0 spiro atoms. The van der Waals surface area contributed by atoms with E-state index in [0.29, 0.717) is 5.69 Å². The van der Waals surface area contributed by atoms with Crippen molar-refractivity contribution in [2.45, 2.75) is 0 Å². The standard InChI is InChI=1S/C14H10ClFN2O3/c15-11-6-10(3-4-12(11)16)18-13(19)8-21-14(20)9-2-1-5-17-7-9/h1-7H,8H2,(H,18,19). The molecular formula is C14H10ClFN2O3. The van der Waals surface area contributed by atoms with E-state index in [-0.39, 0.29) is 10.6 Å². The van der Waals surface area contributed by atoms with Gasteiger partial charge in [-0.25, -0.2) is 9.18 Å². The molecule has 0 fully saturated rings. The molecule has 0 saturated heterocycles. The molecule has 21 heavy (non-hydrogen) atoms. The predicted molar refractivity (Wildman–Crippen MR) is 74.6 cm³/mol. The lowest BCUT2D eigenvalue weighted by Crippen LogP contribution is -2.21. The normalized spacial score (nSPS) is 10.0. The molecule has 0 radical (unpaired) electrons. The van der Waals surface area contributed by atoms with Crippen molar-refractivity contribution in [2.75, 3.05) is 11.9 Å². The Kier molecular flexibility index (Phi) is 4.84. The second-order valence-electron chi connectivity index (χ2n) is 3.99. The lowest BCUT2D eigenvalue weighted by Gasteiger charge is -2.07. The van der Waals surface area contributed by atoms with Crippen LogP contribution in [0.1, 0.15) is 10.4 Å². The number of rotatable bonds is 4. The number of ether oxygens (including phenoxy) is 1. The molecule has 2 rings (SSSR count). The van der Waals surface area contributed by atoms with Gasteiger partial charge in [-0.2, -0.15) is 0 Å². The van der Waals surface area contributed by atoms with Crippen molar-refractivity contribution in [3.8, 4) is 0 Å². The predicted octanol–water partition coefficient (Wildman–Crippen LogP) is 2.67. The van der Waals surface area contributed by atoms with Gasteiger partial charge >= 0.3 is 5.97 Å². The van der Waals surface area contributed by atoms with E-state index >= 15 is 0 Å². The zero-order valence-corrected chi connectivity index (χ0v) is 11.4. The van der Waals surface area contributed by atoms with E-state index < -0.39 is 24.3 Å². The average Bonchev–Trinajstić information content (AvgIpc) is 2.49. The van der Waals surface area contributed by atoms with Crippen molar-refractivity contribution < 1.29 is 18.7 Å². The van der Waals surface area contributed by atoms with E-state index in [1.54, 1.807) is 6.07 Å². The fraction of sp³-hybridized carbons (Fsp3) is 0.0714. The number of carbonyl (C=O) groups excluding carboxylic acids is 2. The van der Waals surface area contributed by atoms with Crippen LogP contribution < -0.4 is 5.32 Å². The topological polar surface area (TPSA) is 68.3 Å². The van der Waals surface area contributed by atoms with Gasteiger partial charge in [-0.3, -0.25) is 9.78 Å². The highest BCUT2D eigenvalue weighted by Gasteiger charge is 2.10. The minimum absolute atomic E-state index is 0.111. The first-order chi connectivity index (χ1) is 10.1. The summed E-state index contributed by atoms with van der Waals surface area (Å²) in [5.41, 5.74) is 0.555. The van der Waals surface area contributed by atoms with Crippen molar-refractivity contribution in [3.05, 3.63) is 59.1 Å². The lowest BCUT2D eigenvalue weighted by atomic mass is 10.3. The molecule has 1 aromatic heterocycles. The van der Waals surface area contributed by atoms with Gasteiger partial charge in [0.05, 0.1) is 10.6 Å². The fourth-order valence-corrected chi connectivity index (χ4v) is 1.65. The van der Waals surface area contributed by atoms with Gasteiger partial charge in [0, 0.05) is 18.1 Å². The Bertz CT molecular complexity index is 665. The van der Waals surface area contributed by atoms with Crippen LogP contribution in [0.4, 0.5) is 10.1 Å². The van der Waals surface area contributed by atoms with Gasteiger partial charge in [-0.05, 0) is 30.3 Å². The molecule has 0 aliphatic carbocycles. The number of hydrogen-bond acceptors (Lipinski definition) is 4. The van der Waals surface area contributed by atoms with E-state index in [0.717, 1.165) is 6.07 Å². The first kappa shape index (κ1) is 14.9. The zero-order valence-electron chi connectivity index (χ0n) is 10.7. The van der Waals surface area contributed by atoms with Crippen LogP contribution in [0.25, 0.3) is 0 Å². The molecule has 0 bridgehead atoms. The van der Waals surface area contributed by atoms with Gasteiger partial charge in [0.25, 0.3) is 5.91 Å². The van der Waals surface area contributed by atoms with Crippen LogP contribution in [-0.4, -0.2) is 23.5 Å².